The fourth-order valence-electron chi connectivity index (χ4n) is 8.56. The topological polar surface area (TPSA) is 90.3 Å². The van der Waals surface area contributed by atoms with Gasteiger partial charge in [0.1, 0.15) is 11.3 Å². The smallest absolute Gasteiger partial charge is 0.254 e. The summed E-state index contributed by atoms with van der Waals surface area (Å²) in [5.74, 6) is 3.50. The molecule has 2 saturated heterocycles. The maximum atomic E-state index is 13.7. The van der Waals surface area contributed by atoms with Gasteiger partial charge in [0.15, 0.2) is 5.82 Å². The fourth-order valence-corrected chi connectivity index (χ4v) is 9.63. The van der Waals surface area contributed by atoms with E-state index < -0.39 is 0 Å². The molecule has 3 aromatic heterocycles. The number of carbonyl (C=O) groups excluding carboxylic acids is 1. The molecule has 5 fully saturated rings. The van der Waals surface area contributed by atoms with Crippen molar-refractivity contribution in [3.05, 3.63) is 34.7 Å². The van der Waals surface area contributed by atoms with Crippen LogP contribution in [0.5, 0.6) is 5.75 Å². The zero-order valence-corrected chi connectivity index (χ0v) is 24.7. The van der Waals surface area contributed by atoms with E-state index in [0.717, 1.165) is 48.7 Å². The highest BCUT2D eigenvalue weighted by atomic mass is 32.1. The van der Waals surface area contributed by atoms with Crippen molar-refractivity contribution in [1.29, 1.82) is 0 Å². The van der Waals surface area contributed by atoms with Gasteiger partial charge < -0.3 is 29.8 Å². The number of fused-ring (bicyclic) bond motifs is 4. The van der Waals surface area contributed by atoms with Gasteiger partial charge in [-0.1, -0.05) is 0 Å². The molecule has 1 spiro atoms. The first-order valence-corrected chi connectivity index (χ1v) is 16.2. The van der Waals surface area contributed by atoms with Crippen LogP contribution >= 0.6 is 11.3 Å². The van der Waals surface area contributed by atoms with E-state index in [2.05, 4.69) is 32.9 Å². The Morgan fingerprint density at radius 3 is 2.66 bits per heavy atom. The summed E-state index contributed by atoms with van der Waals surface area (Å²) in [5, 5.41) is 5.91. The lowest BCUT2D eigenvalue weighted by atomic mass is 9.57. The van der Waals surface area contributed by atoms with Crippen LogP contribution < -0.4 is 15.8 Å². The average Bonchev–Trinajstić information content (AvgIpc) is 3.16. The number of rotatable bonds is 6. The van der Waals surface area contributed by atoms with Crippen LogP contribution in [0.15, 0.2) is 23.6 Å². The van der Waals surface area contributed by atoms with E-state index in [1.165, 1.54) is 60.2 Å². The molecule has 9 rings (SSSR count). The molecule has 9 heteroatoms. The molecule has 3 aliphatic carbocycles. The highest BCUT2D eigenvalue weighted by Gasteiger charge is 2.50. The molecule has 2 aliphatic heterocycles. The van der Waals surface area contributed by atoms with Crippen molar-refractivity contribution >= 4 is 38.5 Å². The summed E-state index contributed by atoms with van der Waals surface area (Å²) < 4.78 is 12.0. The monoisotopic (exact) mass is 570 g/mol. The zero-order valence-electron chi connectivity index (χ0n) is 23.9. The second-order valence-electron chi connectivity index (χ2n) is 13.7. The predicted octanol–water partition coefficient (Wildman–Crippen LogP) is 4.70. The first-order valence-electron chi connectivity index (χ1n) is 15.4. The Hall–Kier alpha value is -2.88. The van der Waals surface area contributed by atoms with Gasteiger partial charge in [0, 0.05) is 50.9 Å². The summed E-state index contributed by atoms with van der Waals surface area (Å²) in [7, 11) is 3.76. The first kappa shape index (κ1) is 24.7. The van der Waals surface area contributed by atoms with Crippen molar-refractivity contribution in [2.75, 3.05) is 26.7 Å². The normalized spacial score (nSPS) is 26.8. The number of aryl methyl sites for hydroxylation is 1. The third-order valence-electron chi connectivity index (χ3n) is 11.1. The maximum absolute atomic E-state index is 13.7. The number of imidazole rings is 1. The molecule has 8 nitrogen and oxygen atoms in total. The third kappa shape index (κ3) is 3.52. The number of thiophene rings is 1. The second kappa shape index (κ2) is 8.58. The molecule has 0 radical (unpaired) electrons. The van der Waals surface area contributed by atoms with Crippen LogP contribution in [0.2, 0.25) is 0 Å². The van der Waals surface area contributed by atoms with E-state index in [0.29, 0.717) is 28.6 Å². The molecule has 214 valence electrons. The van der Waals surface area contributed by atoms with Crippen molar-refractivity contribution < 1.29 is 9.53 Å². The van der Waals surface area contributed by atoms with Gasteiger partial charge >= 0.3 is 0 Å². The van der Waals surface area contributed by atoms with Gasteiger partial charge in [-0.15, -0.1) is 11.3 Å². The van der Waals surface area contributed by atoms with Gasteiger partial charge in [-0.2, -0.15) is 0 Å². The van der Waals surface area contributed by atoms with Crippen molar-refractivity contribution in [3.8, 4) is 17.3 Å². The standard InChI is InChI=1S/C32H38N6O2S/c1-36-29-22(7-19(8-25(29)40-2)31(39)38-13-18-5-6-23(38)27(18)33)35-30(36)24-9-26-28(37(24)12-17-3-4-17)21(14-41-26)20-10-32(11-20)15-34-16-32/h7-9,14,17-18,20,23,27,34H,3-6,10-13,15-16,33H2,1-2H3/t18-,23-,27-/m1/s1. The first-order chi connectivity index (χ1) is 19.9. The number of methoxy groups -OCH3 is 1. The lowest BCUT2D eigenvalue weighted by molar-refractivity contribution is 0.0368. The number of carbonyl (C=O) groups is 1. The van der Waals surface area contributed by atoms with Crippen LogP contribution in [-0.4, -0.2) is 63.8 Å². The van der Waals surface area contributed by atoms with E-state index in [-0.39, 0.29) is 18.0 Å². The molecule has 41 heavy (non-hydrogen) atoms. The van der Waals surface area contributed by atoms with E-state index in [9.17, 15) is 4.79 Å². The number of amides is 1. The largest absolute Gasteiger partial charge is 0.494 e. The summed E-state index contributed by atoms with van der Waals surface area (Å²) in [6.07, 6.45) is 7.35. The lowest BCUT2D eigenvalue weighted by Crippen LogP contribution is -2.59. The van der Waals surface area contributed by atoms with Crippen molar-refractivity contribution in [2.45, 2.75) is 63.1 Å². The molecular weight excluding hydrogens is 532 g/mol. The molecule has 3 atom stereocenters. The van der Waals surface area contributed by atoms with Crippen LogP contribution in [0.1, 0.15) is 60.4 Å². The SMILES string of the molecule is COc1cc(C(=O)N2C[C@H]3CC[C@@H]2[C@@H]3N)cc2nc(-c3cc4scc(C5CC6(CNC6)C5)c4n3CC3CC3)n(C)c12. The van der Waals surface area contributed by atoms with Crippen molar-refractivity contribution in [2.24, 2.45) is 30.0 Å². The summed E-state index contributed by atoms with van der Waals surface area (Å²) in [5.41, 5.74) is 13.5. The van der Waals surface area contributed by atoms with E-state index in [4.69, 9.17) is 15.5 Å². The Balaban J connectivity index is 1.13. The van der Waals surface area contributed by atoms with Gasteiger partial charge in [0.05, 0.1) is 28.5 Å². The highest BCUT2D eigenvalue weighted by Crippen LogP contribution is 2.55. The van der Waals surface area contributed by atoms with Crippen LogP contribution in [0.25, 0.3) is 32.8 Å². The van der Waals surface area contributed by atoms with E-state index in [1.807, 2.05) is 28.4 Å². The predicted molar refractivity (Wildman–Crippen MR) is 162 cm³/mol. The van der Waals surface area contributed by atoms with Crippen LogP contribution in [0.3, 0.4) is 0 Å². The number of aromatic nitrogens is 3. The van der Waals surface area contributed by atoms with Crippen LogP contribution in [-0.2, 0) is 13.6 Å². The zero-order chi connectivity index (χ0) is 27.6. The minimum Gasteiger partial charge on any atom is -0.494 e. The van der Waals surface area contributed by atoms with Gasteiger partial charge in [-0.05, 0) is 90.8 Å². The number of likely N-dealkylation sites (tertiary alicyclic amines) is 1. The number of benzene rings is 1. The Labute approximate surface area is 243 Å². The molecule has 1 amide bonds. The molecule has 1 aromatic carbocycles. The number of nitrogens with zero attached hydrogens (tertiary/aromatic N) is 4. The summed E-state index contributed by atoms with van der Waals surface area (Å²) in [6.45, 7) is 4.17. The van der Waals surface area contributed by atoms with Gasteiger partial charge in [0.25, 0.3) is 5.91 Å². The number of piperidine rings is 1. The molecular formula is C32H38N6O2S. The number of nitrogens with one attached hydrogen (secondary N) is 1. The maximum Gasteiger partial charge on any atom is 0.254 e. The lowest BCUT2D eigenvalue weighted by Gasteiger charge is -2.54. The number of hydrogen-bond acceptors (Lipinski definition) is 6. The molecule has 5 heterocycles. The molecule has 4 aromatic rings. The van der Waals surface area contributed by atoms with Crippen molar-refractivity contribution in [3.63, 3.8) is 0 Å². The Kier molecular flexibility index (Phi) is 5.17. The van der Waals surface area contributed by atoms with Crippen LogP contribution in [0.4, 0.5) is 0 Å². The Morgan fingerprint density at radius 1 is 1.17 bits per heavy atom. The van der Waals surface area contributed by atoms with E-state index >= 15 is 0 Å². The van der Waals surface area contributed by atoms with Gasteiger partial charge in [-0.25, -0.2) is 4.98 Å². The van der Waals surface area contributed by atoms with E-state index in [1.54, 1.807) is 7.11 Å². The minimum atomic E-state index is 0.0437. The number of nitrogens with two attached hydrogens (primary N) is 1. The number of ether oxygens (including phenoxy) is 1. The molecule has 3 saturated carbocycles. The Morgan fingerprint density at radius 2 is 2.00 bits per heavy atom. The highest BCUT2D eigenvalue weighted by molar-refractivity contribution is 7.17. The number of hydrogen-bond donors (Lipinski definition) is 2. The third-order valence-corrected chi connectivity index (χ3v) is 12.1. The van der Waals surface area contributed by atoms with Gasteiger partial charge in [0.2, 0.25) is 0 Å². The Bertz CT molecular complexity index is 1720. The molecule has 3 N–H and O–H groups in total. The quantitative estimate of drug-likeness (QED) is 0.351. The average molecular weight is 571 g/mol. The summed E-state index contributed by atoms with van der Waals surface area (Å²) >= 11 is 1.88. The molecule has 5 aliphatic rings. The van der Waals surface area contributed by atoms with Gasteiger partial charge in [-0.3, -0.25) is 4.79 Å². The van der Waals surface area contributed by atoms with Crippen LogP contribution in [0, 0.1) is 17.3 Å². The minimum absolute atomic E-state index is 0.0437. The molecule has 2 bridgehead atoms. The second-order valence-corrected chi connectivity index (χ2v) is 14.6. The fraction of sp³-hybridized carbons (Fsp3) is 0.562. The summed E-state index contributed by atoms with van der Waals surface area (Å²) in [4.78, 5) is 20.9. The summed E-state index contributed by atoms with van der Waals surface area (Å²) in [6, 6.07) is 6.46. The van der Waals surface area contributed by atoms with Crippen molar-refractivity contribution in [1.82, 2.24) is 24.3 Å². The molecule has 0 unspecified atom stereocenters.